The van der Waals surface area contributed by atoms with Crippen molar-refractivity contribution in [3.8, 4) is 0 Å². The van der Waals surface area contributed by atoms with Gasteiger partial charge >= 0.3 is 33.6 Å². The number of allylic oxidation sites excluding steroid dienone is 24. The van der Waals surface area contributed by atoms with E-state index in [-0.39, 0.29) is 19.3 Å². The maximum atomic E-state index is 12.9. The average molecular weight is 1430 g/mol. The predicted octanol–water partition coefficient (Wildman–Crippen LogP) is 22.1. The van der Waals surface area contributed by atoms with Gasteiger partial charge in [0.1, 0.15) is 25.4 Å². The third-order valence-electron chi connectivity index (χ3n) is 15.6. The monoisotopic (exact) mass is 1430 g/mol. The molecule has 0 radical (unpaired) electrons. The Hall–Kier alpha value is -4.57. The Morgan fingerprint density at radius 2 is 0.535 bits per heavy atom. The van der Waals surface area contributed by atoms with Gasteiger partial charge in [-0.1, -0.05) is 295 Å². The number of carbonyl (C=O) groups excluding carboxylic acids is 3. The first kappa shape index (κ1) is 94.4. The highest BCUT2D eigenvalue weighted by molar-refractivity contribution is 7.47. The Balaban J connectivity index is 4.59. The molecule has 0 rings (SSSR count). The summed E-state index contributed by atoms with van der Waals surface area (Å²) >= 11 is 0. The minimum absolute atomic E-state index is 0.0977. The summed E-state index contributed by atoms with van der Waals surface area (Å²) in [6, 6.07) is 0. The average Bonchev–Trinajstić information content (AvgIpc) is 1.04. The van der Waals surface area contributed by atoms with Crippen LogP contribution in [0.5, 0.6) is 0 Å². The summed E-state index contributed by atoms with van der Waals surface area (Å²) in [6.07, 6.45) is 88.9. The van der Waals surface area contributed by atoms with E-state index in [1.807, 2.05) is 0 Å². The largest absolute Gasteiger partial charge is 0.472 e. The molecule has 18 heteroatoms. The Kier molecular flexibility index (Phi) is 69.8. The van der Waals surface area contributed by atoms with Crippen molar-refractivity contribution in [2.75, 3.05) is 39.6 Å². The van der Waals surface area contributed by atoms with Crippen molar-refractivity contribution in [2.45, 2.75) is 309 Å². The smallest absolute Gasteiger partial charge is 0.463 e. The van der Waals surface area contributed by atoms with Crippen molar-refractivity contribution in [3.05, 3.63) is 146 Å². The maximum Gasteiger partial charge on any atom is 0.472 e. The molecule has 0 aliphatic heterocycles. The highest BCUT2D eigenvalue weighted by Gasteiger charge is 2.29. The zero-order chi connectivity index (χ0) is 72.3. The molecule has 0 aliphatic rings. The quantitative estimate of drug-likeness (QED) is 0.0146. The third-order valence-corrected chi connectivity index (χ3v) is 17.5. The highest BCUT2D eigenvalue weighted by atomic mass is 31.2. The van der Waals surface area contributed by atoms with E-state index in [4.69, 9.17) is 32.3 Å². The minimum atomic E-state index is -4.94. The van der Waals surface area contributed by atoms with Crippen LogP contribution in [0.3, 0.4) is 0 Å². The van der Waals surface area contributed by atoms with Gasteiger partial charge in [-0.3, -0.25) is 32.5 Å². The Morgan fingerprint density at radius 1 is 0.293 bits per heavy atom. The van der Waals surface area contributed by atoms with Gasteiger partial charge in [0.25, 0.3) is 0 Å². The van der Waals surface area contributed by atoms with E-state index in [0.717, 1.165) is 161 Å². The lowest BCUT2D eigenvalue weighted by Crippen LogP contribution is -2.30. The number of aliphatic hydroxyl groups excluding tert-OH is 2. The molecule has 0 aliphatic carbocycles. The molecule has 0 bridgehead atoms. The Labute approximate surface area is 600 Å². The molecule has 0 saturated heterocycles. The van der Waals surface area contributed by atoms with Gasteiger partial charge in [-0.05, 0) is 122 Å². The zero-order valence-corrected chi connectivity index (χ0v) is 63.4. The molecule has 16 nitrogen and oxygen atoms in total. The number of ether oxygens (including phenoxy) is 3. The van der Waals surface area contributed by atoms with Crippen LogP contribution in [0.4, 0.5) is 0 Å². The summed E-state index contributed by atoms with van der Waals surface area (Å²) < 4.78 is 61.0. The Morgan fingerprint density at radius 3 is 0.848 bits per heavy atom. The van der Waals surface area contributed by atoms with Crippen LogP contribution in [0.2, 0.25) is 0 Å². The number of phosphoric ester groups is 2. The summed E-state index contributed by atoms with van der Waals surface area (Å²) in [6.45, 7) is 2.41. The summed E-state index contributed by atoms with van der Waals surface area (Å²) in [5.74, 6) is -1.61. The number of carbonyl (C=O) groups is 3. The number of esters is 3. The van der Waals surface area contributed by atoms with Gasteiger partial charge in [0, 0.05) is 19.3 Å². The van der Waals surface area contributed by atoms with E-state index in [9.17, 15) is 43.5 Å². The first-order valence-electron chi connectivity index (χ1n) is 38.1. The molecule has 5 atom stereocenters. The van der Waals surface area contributed by atoms with E-state index in [1.165, 1.54) is 70.6 Å². The second kappa shape index (κ2) is 73.2. The molecule has 0 heterocycles. The number of unbranched alkanes of at least 4 members (excludes halogenated alkanes) is 24. The fraction of sp³-hybridized carbons (Fsp3) is 0.667. The van der Waals surface area contributed by atoms with Crippen LogP contribution in [0.1, 0.15) is 290 Å². The lowest BCUT2D eigenvalue weighted by molar-refractivity contribution is -0.161. The van der Waals surface area contributed by atoms with Crippen LogP contribution in [-0.2, 0) is 55.8 Å². The van der Waals surface area contributed by atoms with Crippen LogP contribution < -0.4 is 0 Å². The summed E-state index contributed by atoms with van der Waals surface area (Å²) in [5.41, 5.74) is 0. The van der Waals surface area contributed by atoms with E-state index in [0.29, 0.717) is 19.3 Å². The second-order valence-corrected chi connectivity index (χ2v) is 28.0. The van der Waals surface area contributed by atoms with E-state index >= 15 is 0 Å². The number of phosphoric acid groups is 2. The fourth-order valence-electron chi connectivity index (χ4n) is 9.81. The summed E-state index contributed by atoms with van der Waals surface area (Å²) in [5, 5.41) is 20.6. The molecule has 5 unspecified atom stereocenters. The SMILES string of the molecule is CC/C=C\C/C=C\C/C=C\C/C=C\C/C=C\C/C=C\CCCCCCCCCCC(=O)OCC(O)COP(=O)(O)OCC(O)COP(=O)(O)OCC(COC(=O)CCCCCC/C=C\C/C=C\C/C=C\C/C=C\C/C=C\C/C=C\CC)OC(=O)CCCCCCCCCCCCCCC. The molecule has 0 amide bonds. The molecule has 99 heavy (non-hydrogen) atoms. The molecule has 0 fully saturated rings. The lowest BCUT2D eigenvalue weighted by atomic mass is 10.0. The van der Waals surface area contributed by atoms with Gasteiger partial charge < -0.3 is 34.2 Å². The summed E-state index contributed by atoms with van der Waals surface area (Å²) in [7, 11) is -9.80. The van der Waals surface area contributed by atoms with Gasteiger partial charge in [-0.15, -0.1) is 0 Å². The topological polar surface area (TPSA) is 231 Å². The first-order valence-corrected chi connectivity index (χ1v) is 41.1. The molecule has 566 valence electrons. The maximum absolute atomic E-state index is 12.9. The highest BCUT2D eigenvalue weighted by Crippen LogP contribution is 2.45. The number of hydrogen-bond acceptors (Lipinski definition) is 14. The number of rotatable bonds is 71. The van der Waals surface area contributed by atoms with E-state index in [1.54, 1.807) is 0 Å². The molecular weight excluding hydrogens is 1290 g/mol. The zero-order valence-electron chi connectivity index (χ0n) is 61.6. The molecule has 0 spiro atoms. The number of hydrogen-bond donors (Lipinski definition) is 4. The molecule has 0 aromatic heterocycles. The van der Waals surface area contributed by atoms with Crippen LogP contribution >= 0.6 is 15.6 Å². The molecule has 4 N–H and O–H groups in total. The number of aliphatic hydroxyl groups is 2. The van der Waals surface area contributed by atoms with Crippen LogP contribution in [0.15, 0.2) is 146 Å². The van der Waals surface area contributed by atoms with Crippen molar-refractivity contribution < 1.29 is 75.8 Å². The third kappa shape index (κ3) is 74.4. The van der Waals surface area contributed by atoms with Crippen molar-refractivity contribution in [1.29, 1.82) is 0 Å². The molecule has 0 saturated carbocycles. The standard InChI is InChI=1S/C81H136O16P2/c1-4-7-10-13-16-19-22-25-27-29-31-33-35-36-37-38-40-42-43-45-47-50-52-55-58-61-64-67-79(84)91-70-76(82)71-93-98(87,88)94-72-77(83)73-95-99(89,90)96-75-78(97-81(86)69-66-63-60-57-54-49-24-21-18-15-12-9-6-3)74-92-80(85)68-65-62-59-56-53-51-48-46-44-41-39-34-32-30-28-26-23-20-17-14-11-8-5-2/h7-8,10-11,16-17,19-20,25-28,31-34,36-37,40-42,44,48,51,76-78,82-83H,4-6,9,12-15,18,21-24,29-30,35,38-39,43,45-47,49-50,52-75H2,1-3H3,(H,87,88)(H,89,90)/b10-7-,11-8-,19-16-,20-17-,27-25-,28-26-,33-31-,34-32-,37-36-,42-40-,44-41-,51-48-. The van der Waals surface area contributed by atoms with Crippen molar-refractivity contribution in [2.24, 2.45) is 0 Å². The van der Waals surface area contributed by atoms with Crippen LogP contribution in [0, 0.1) is 0 Å². The van der Waals surface area contributed by atoms with Gasteiger partial charge in [0.2, 0.25) is 0 Å². The Bertz CT molecular complexity index is 2380. The molecule has 0 aromatic carbocycles. The summed E-state index contributed by atoms with van der Waals surface area (Å²) in [4.78, 5) is 58.6. The fourth-order valence-corrected chi connectivity index (χ4v) is 11.4. The lowest BCUT2D eigenvalue weighted by Gasteiger charge is -2.21. The van der Waals surface area contributed by atoms with Gasteiger partial charge in [0.15, 0.2) is 6.10 Å². The van der Waals surface area contributed by atoms with Crippen LogP contribution in [0.25, 0.3) is 0 Å². The van der Waals surface area contributed by atoms with Crippen LogP contribution in [-0.4, -0.2) is 95.9 Å². The normalized spacial score (nSPS) is 14.9. The van der Waals surface area contributed by atoms with Crippen molar-refractivity contribution in [3.63, 3.8) is 0 Å². The van der Waals surface area contributed by atoms with Crippen molar-refractivity contribution in [1.82, 2.24) is 0 Å². The molecular formula is C81H136O16P2. The molecule has 0 aromatic rings. The van der Waals surface area contributed by atoms with E-state index in [2.05, 4.69) is 167 Å². The van der Waals surface area contributed by atoms with Gasteiger partial charge in [-0.2, -0.15) is 0 Å². The van der Waals surface area contributed by atoms with E-state index < -0.39 is 91.5 Å². The second-order valence-electron chi connectivity index (χ2n) is 25.0. The van der Waals surface area contributed by atoms with Gasteiger partial charge in [-0.25, -0.2) is 9.13 Å². The predicted molar refractivity (Wildman–Crippen MR) is 408 cm³/mol. The van der Waals surface area contributed by atoms with Gasteiger partial charge in [0.05, 0.1) is 26.4 Å². The van der Waals surface area contributed by atoms with Crippen molar-refractivity contribution >= 4 is 33.6 Å². The first-order chi connectivity index (χ1) is 48.2. The minimum Gasteiger partial charge on any atom is -0.463 e.